The third-order valence-corrected chi connectivity index (χ3v) is 3.33. The highest BCUT2D eigenvalue weighted by Crippen LogP contribution is 2.25. The second kappa shape index (κ2) is 4.22. The quantitative estimate of drug-likeness (QED) is 0.730. The molecule has 0 saturated carbocycles. The molecule has 3 N–H and O–H groups in total. The van der Waals surface area contributed by atoms with Crippen molar-refractivity contribution in [1.29, 1.82) is 0 Å². The van der Waals surface area contributed by atoms with Crippen LogP contribution in [0.2, 0.25) is 0 Å². The predicted octanol–water partition coefficient (Wildman–Crippen LogP) is 1.45. The number of aromatic amines is 2. The molecule has 2 aromatic rings. The van der Waals surface area contributed by atoms with Gasteiger partial charge in [-0.15, -0.1) is 0 Å². The highest BCUT2D eigenvalue weighted by atomic mass is 16.1. The minimum Gasteiger partial charge on any atom is -0.316 e. The molecule has 3 rings (SSSR count). The molecular formula is C13H15N3O. The Morgan fingerprint density at radius 2 is 2.24 bits per heavy atom. The molecule has 88 valence electrons. The molecule has 1 atom stereocenters. The molecule has 4 heteroatoms. The van der Waals surface area contributed by atoms with Crippen molar-refractivity contribution in [2.45, 2.75) is 12.3 Å². The molecular weight excluding hydrogens is 214 g/mol. The van der Waals surface area contributed by atoms with Crippen molar-refractivity contribution in [3.8, 4) is 11.3 Å². The standard InChI is InChI=1S/C13H15N3O/c17-13-15-8-12(16-13)10-3-1-2-9(6-10)11-4-5-14-7-11/h1-3,6,8,11,14H,4-5,7H2,(H2,15,16,17). The van der Waals surface area contributed by atoms with Gasteiger partial charge in [-0.2, -0.15) is 0 Å². The van der Waals surface area contributed by atoms with Gasteiger partial charge in [0.15, 0.2) is 0 Å². The average molecular weight is 229 g/mol. The summed E-state index contributed by atoms with van der Waals surface area (Å²) in [4.78, 5) is 16.5. The first-order chi connectivity index (χ1) is 8.33. The number of benzene rings is 1. The Hall–Kier alpha value is -1.81. The molecule has 0 spiro atoms. The van der Waals surface area contributed by atoms with Crippen molar-refractivity contribution < 1.29 is 0 Å². The zero-order valence-corrected chi connectivity index (χ0v) is 9.49. The van der Waals surface area contributed by atoms with Gasteiger partial charge in [-0.3, -0.25) is 0 Å². The van der Waals surface area contributed by atoms with E-state index >= 15 is 0 Å². The van der Waals surface area contributed by atoms with Crippen LogP contribution in [-0.4, -0.2) is 23.1 Å². The van der Waals surface area contributed by atoms with Crippen molar-refractivity contribution >= 4 is 0 Å². The van der Waals surface area contributed by atoms with Crippen LogP contribution < -0.4 is 11.0 Å². The van der Waals surface area contributed by atoms with Gasteiger partial charge in [0, 0.05) is 12.7 Å². The summed E-state index contributed by atoms with van der Waals surface area (Å²) in [5, 5.41) is 3.37. The number of rotatable bonds is 2. The highest BCUT2D eigenvalue weighted by molar-refractivity contribution is 5.59. The number of hydrogen-bond acceptors (Lipinski definition) is 2. The zero-order chi connectivity index (χ0) is 11.7. The Morgan fingerprint density at radius 1 is 1.29 bits per heavy atom. The first-order valence-corrected chi connectivity index (χ1v) is 5.92. The van der Waals surface area contributed by atoms with Gasteiger partial charge < -0.3 is 15.3 Å². The van der Waals surface area contributed by atoms with E-state index in [1.807, 2.05) is 12.1 Å². The lowest BCUT2D eigenvalue weighted by Gasteiger charge is -2.09. The molecule has 1 aromatic carbocycles. The molecule has 1 aliphatic rings. The lowest BCUT2D eigenvalue weighted by atomic mass is 9.96. The summed E-state index contributed by atoms with van der Waals surface area (Å²) < 4.78 is 0. The molecule has 0 amide bonds. The van der Waals surface area contributed by atoms with Gasteiger partial charge >= 0.3 is 5.69 Å². The van der Waals surface area contributed by atoms with Crippen molar-refractivity contribution in [1.82, 2.24) is 15.3 Å². The van der Waals surface area contributed by atoms with E-state index in [9.17, 15) is 4.79 Å². The Kier molecular flexibility index (Phi) is 2.57. The molecule has 1 saturated heterocycles. The number of aromatic nitrogens is 2. The van der Waals surface area contributed by atoms with E-state index < -0.39 is 0 Å². The van der Waals surface area contributed by atoms with Crippen LogP contribution in [-0.2, 0) is 0 Å². The van der Waals surface area contributed by atoms with Crippen molar-refractivity contribution in [2.24, 2.45) is 0 Å². The average Bonchev–Trinajstić information content (AvgIpc) is 3.00. The maximum atomic E-state index is 11.1. The van der Waals surface area contributed by atoms with Crippen molar-refractivity contribution in [3.63, 3.8) is 0 Å². The van der Waals surface area contributed by atoms with E-state index in [0.717, 1.165) is 24.3 Å². The van der Waals surface area contributed by atoms with Gasteiger partial charge in [-0.05, 0) is 36.1 Å². The first-order valence-electron chi connectivity index (χ1n) is 5.92. The second-order valence-electron chi connectivity index (χ2n) is 4.47. The third-order valence-electron chi connectivity index (χ3n) is 3.33. The number of H-pyrrole nitrogens is 2. The topological polar surface area (TPSA) is 60.7 Å². The SMILES string of the molecule is O=c1[nH]cc(-c2cccc(C3CCNC3)c2)[nH]1. The van der Waals surface area contributed by atoms with E-state index in [1.165, 1.54) is 12.0 Å². The molecule has 1 fully saturated rings. The molecule has 0 radical (unpaired) electrons. The van der Waals surface area contributed by atoms with E-state index in [2.05, 4.69) is 27.4 Å². The summed E-state index contributed by atoms with van der Waals surface area (Å²) in [7, 11) is 0. The molecule has 0 aliphatic carbocycles. The zero-order valence-electron chi connectivity index (χ0n) is 9.49. The van der Waals surface area contributed by atoms with Crippen LogP contribution in [0.25, 0.3) is 11.3 Å². The Morgan fingerprint density at radius 3 is 2.94 bits per heavy atom. The van der Waals surface area contributed by atoms with Gasteiger partial charge in [0.05, 0.1) is 5.69 Å². The Labute approximate surface area is 99.1 Å². The van der Waals surface area contributed by atoms with Crippen molar-refractivity contribution in [3.05, 3.63) is 46.5 Å². The Bertz CT molecular complexity index is 564. The van der Waals surface area contributed by atoms with Gasteiger partial charge in [0.1, 0.15) is 0 Å². The van der Waals surface area contributed by atoms with Crippen LogP contribution >= 0.6 is 0 Å². The van der Waals surface area contributed by atoms with E-state index in [-0.39, 0.29) is 5.69 Å². The number of nitrogens with one attached hydrogen (secondary N) is 3. The fourth-order valence-electron chi connectivity index (χ4n) is 2.39. The maximum Gasteiger partial charge on any atom is 0.323 e. The summed E-state index contributed by atoms with van der Waals surface area (Å²) >= 11 is 0. The normalized spacial score (nSPS) is 19.6. The van der Waals surface area contributed by atoms with Gasteiger partial charge in [-0.1, -0.05) is 18.2 Å². The van der Waals surface area contributed by atoms with E-state index in [0.29, 0.717) is 5.92 Å². The summed E-state index contributed by atoms with van der Waals surface area (Å²) in [6.45, 7) is 2.14. The molecule has 1 aromatic heterocycles. The molecule has 1 unspecified atom stereocenters. The van der Waals surface area contributed by atoms with Gasteiger partial charge in [0.2, 0.25) is 0 Å². The van der Waals surface area contributed by atoms with Crippen LogP contribution in [0.5, 0.6) is 0 Å². The molecule has 4 nitrogen and oxygen atoms in total. The van der Waals surface area contributed by atoms with Gasteiger partial charge in [0.25, 0.3) is 0 Å². The minimum atomic E-state index is -0.159. The number of imidazole rings is 1. The maximum absolute atomic E-state index is 11.1. The molecule has 0 bridgehead atoms. The Balaban J connectivity index is 1.95. The summed E-state index contributed by atoms with van der Waals surface area (Å²) in [5.41, 5.74) is 3.10. The lowest BCUT2D eigenvalue weighted by molar-refractivity contribution is 0.764. The van der Waals surface area contributed by atoms with Crippen LogP contribution in [0.1, 0.15) is 17.9 Å². The number of hydrogen-bond donors (Lipinski definition) is 3. The van der Waals surface area contributed by atoms with Gasteiger partial charge in [-0.25, -0.2) is 4.79 Å². The highest BCUT2D eigenvalue weighted by Gasteiger charge is 2.16. The lowest BCUT2D eigenvalue weighted by Crippen LogP contribution is -2.07. The van der Waals surface area contributed by atoms with Crippen LogP contribution in [0.3, 0.4) is 0 Å². The van der Waals surface area contributed by atoms with Crippen LogP contribution in [0.15, 0.2) is 35.3 Å². The predicted molar refractivity (Wildman–Crippen MR) is 67.1 cm³/mol. The van der Waals surface area contributed by atoms with Crippen molar-refractivity contribution in [2.75, 3.05) is 13.1 Å². The largest absolute Gasteiger partial charge is 0.323 e. The monoisotopic (exact) mass is 229 g/mol. The fraction of sp³-hybridized carbons (Fsp3) is 0.308. The second-order valence-corrected chi connectivity index (χ2v) is 4.47. The summed E-state index contributed by atoms with van der Waals surface area (Å²) in [5.74, 6) is 0.598. The van der Waals surface area contributed by atoms with Crippen LogP contribution in [0, 0.1) is 0 Å². The molecule has 2 heterocycles. The summed E-state index contributed by atoms with van der Waals surface area (Å²) in [6.07, 6.45) is 2.90. The first kappa shape index (κ1) is 10.4. The van der Waals surface area contributed by atoms with Crippen LogP contribution in [0.4, 0.5) is 0 Å². The fourth-order valence-corrected chi connectivity index (χ4v) is 2.39. The van der Waals surface area contributed by atoms with E-state index in [1.54, 1.807) is 6.20 Å². The molecule has 1 aliphatic heterocycles. The summed E-state index contributed by atoms with van der Waals surface area (Å²) in [6, 6.07) is 8.39. The molecule has 17 heavy (non-hydrogen) atoms. The van der Waals surface area contributed by atoms with E-state index in [4.69, 9.17) is 0 Å². The third kappa shape index (κ3) is 2.03. The minimum absolute atomic E-state index is 0.159. The smallest absolute Gasteiger partial charge is 0.316 e.